The van der Waals surface area contributed by atoms with Gasteiger partial charge in [0.1, 0.15) is 12.4 Å². The molecule has 0 bridgehead atoms. The molecule has 0 spiro atoms. The van der Waals surface area contributed by atoms with Crippen molar-refractivity contribution in [3.63, 3.8) is 0 Å². The molecule has 4 aromatic rings. The van der Waals surface area contributed by atoms with Crippen LogP contribution in [0.2, 0.25) is 0 Å². The smallest absolute Gasteiger partial charge is 0.282 e. The standard InChI is InChI=1S/C26H19N3O6/c30-26(28-27-14-21-12-24-25(35-16-34-24)13-23(21)29(31)32)19-7-5-17(6-8-19)15-33-22-10-9-18-3-1-2-4-20(18)11-22/h1-14H,15-16H2,(H,28,30)/b27-14+. The molecule has 0 aliphatic carbocycles. The lowest BCUT2D eigenvalue weighted by Crippen LogP contribution is -2.17. The molecule has 4 aromatic carbocycles. The van der Waals surface area contributed by atoms with E-state index in [0.717, 1.165) is 22.1 Å². The quantitative estimate of drug-likeness (QED) is 0.236. The summed E-state index contributed by atoms with van der Waals surface area (Å²) in [4.78, 5) is 23.2. The van der Waals surface area contributed by atoms with E-state index < -0.39 is 10.8 Å². The van der Waals surface area contributed by atoms with Crippen molar-refractivity contribution in [3.05, 3.63) is 106 Å². The zero-order valence-corrected chi connectivity index (χ0v) is 18.3. The SMILES string of the molecule is O=C(N/N=C/c1cc2c(cc1[N+](=O)[O-])OCO2)c1ccc(COc2ccc3ccccc3c2)cc1. The van der Waals surface area contributed by atoms with E-state index in [4.69, 9.17) is 14.2 Å². The van der Waals surface area contributed by atoms with Crippen molar-refractivity contribution in [3.8, 4) is 17.2 Å². The first kappa shape index (κ1) is 21.9. The van der Waals surface area contributed by atoms with Crippen molar-refractivity contribution < 1.29 is 23.9 Å². The van der Waals surface area contributed by atoms with Crippen LogP contribution < -0.4 is 19.6 Å². The van der Waals surface area contributed by atoms with Gasteiger partial charge in [0.15, 0.2) is 11.5 Å². The Bertz CT molecular complexity index is 1450. The van der Waals surface area contributed by atoms with E-state index in [1.165, 1.54) is 18.3 Å². The molecule has 1 N–H and O–H groups in total. The Morgan fingerprint density at radius 2 is 1.74 bits per heavy atom. The van der Waals surface area contributed by atoms with Gasteiger partial charge in [-0.2, -0.15) is 5.10 Å². The van der Waals surface area contributed by atoms with Crippen molar-refractivity contribution in [1.82, 2.24) is 5.43 Å². The normalized spacial score (nSPS) is 12.1. The van der Waals surface area contributed by atoms with E-state index in [-0.39, 0.29) is 18.0 Å². The number of carbonyl (C=O) groups excluding carboxylic acids is 1. The number of hydrogen-bond donors (Lipinski definition) is 1. The first-order valence-electron chi connectivity index (χ1n) is 10.7. The third kappa shape index (κ3) is 4.88. The first-order valence-corrected chi connectivity index (χ1v) is 10.7. The number of fused-ring (bicyclic) bond motifs is 2. The molecule has 0 atom stereocenters. The molecular weight excluding hydrogens is 450 g/mol. The van der Waals surface area contributed by atoms with Gasteiger partial charge in [0.05, 0.1) is 22.8 Å². The van der Waals surface area contributed by atoms with Gasteiger partial charge in [-0.15, -0.1) is 0 Å². The van der Waals surface area contributed by atoms with Gasteiger partial charge in [-0.05, 0) is 46.7 Å². The van der Waals surface area contributed by atoms with Gasteiger partial charge in [-0.1, -0.05) is 42.5 Å². The minimum absolute atomic E-state index is 0.00683. The van der Waals surface area contributed by atoms with Crippen molar-refractivity contribution >= 4 is 28.6 Å². The van der Waals surface area contributed by atoms with E-state index in [1.807, 2.05) is 42.5 Å². The van der Waals surface area contributed by atoms with Gasteiger partial charge >= 0.3 is 0 Å². The number of nitro groups is 1. The van der Waals surface area contributed by atoms with Gasteiger partial charge in [-0.25, -0.2) is 5.43 Å². The summed E-state index contributed by atoms with van der Waals surface area (Å²) >= 11 is 0. The molecule has 0 saturated carbocycles. The molecule has 0 aromatic heterocycles. The summed E-state index contributed by atoms with van der Waals surface area (Å²) in [5.41, 5.74) is 3.64. The monoisotopic (exact) mass is 469 g/mol. The number of nitrogens with zero attached hydrogens (tertiary/aromatic N) is 2. The number of benzene rings is 4. The van der Waals surface area contributed by atoms with Crippen LogP contribution in [0.4, 0.5) is 5.69 Å². The van der Waals surface area contributed by atoms with Crippen LogP contribution in [0.5, 0.6) is 17.2 Å². The van der Waals surface area contributed by atoms with Crippen molar-refractivity contribution in [2.24, 2.45) is 5.10 Å². The Morgan fingerprint density at radius 1 is 1.00 bits per heavy atom. The molecule has 0 fully saturated rings. The van der Waals surface area contributed by atoms with Gasteiger partial charge in [0.25, 0.3) is 11.6 Å². The van der Waals surface area contributed by atoms with Crippen LogP contribution in [0, 0.1) is 10.1 Å². The predicted octanol–water partition coefficient (Wildman–Crippen LogP) is 4.82. The minimum Gasteiger partial charge on any atom is -0.489 e. The number of rotatable bonds is 7. The summed E-state index contributed by atoms with van der Waals surface area (Å²) in [5.74, 6) is 0.983. The molecule has 35 heavy (non-hydrogen) atoms. The maximum Gasteiger partial charge on any atom is 0.282 e. The maximum absolute atomic E-state index is 12.4. The highest BCUT2D eigenvalue weighted by molar-refractivity contribution is 5.95. The van der Waals surface area contributed by atoms with Crippen LogP contribution >= 0.6 is 0 Å². The molecule has 0 unspecified atom stereocenters. The largest absolute Gasteiger partial charge is 0.489 e. The topological polar surface area (TPSA) is 112 Å². The number of nitrogens with one attached hydrogen (secondary N) is 1. The first-order chi connectivity index (χ1) is 17.1. The van der Waals surface area contributed by atoms with Gasteiger partial charge < -0.3 is 14.2 Å². The summed E-state index contributed by atoms with van der Waals surface area (Å²) in [6, 6.07) is 23.6. The average Bonchev–Trinajstić information content (AvgIpc) is 3.34. The third-order valence-corrected chi connectivity index (χ3v) is 5.43. The molecule has 0 radical (unpaired) electrons. The number of ether oxygens (including phenoxy) is 3. The van der Waals surface area contributed by atoms with Crippen molar-refractivity contribution in [2.45, 2.75) is 6.61 Å². The van der Waals surface area contributed by atoms with E-state index in [9.17, 15) is 14.9 Å². The van der Waals surface area contributed by atoms with E-state index in [1.54, 1.807) is 24.3 Å². The predicted molar refractivity (Wildman–Crippen MR) is 129 cm³/mol. The molecule has 1 heterocycles. The van der Waals surface area contributed by atoms with Crippen LogP contribution in [-0.2, 0) is 6.61 Å². The number of hydrazone groups is 1. The summed E-state index contributed by atoms with van der Waals surface area (Å²) in [7, 11) is 0. The summed E-state index contributed by atoms with van der Waals surface area (Å²) in [5, 5.41) is 17.4. The van der Waals surface area contributed by atoms with Crippen LogP contribution in [-0.4, -0.2) is 23.8 Å². The highest BCUT2D eigenvalue weighted by atomic mass is 16.7. The Labute approximate surface area is 199 Å². The zero-order chi connectivity index (χ0) is 24.2. The number of carbonyl (C=O) groups is 1. The second kappa shape index (κ2) is 9.52. The molecule has 9 heteroatoms. The van der Waals surface area contributed by atoms with E-state index >= 15 is 0 Å². The van der Waals surface area contributed by atoms with Crippen molar-refractivity contribution in [2.75, 3.05) is 6.79 Å². The molecule has 9 nitrogen and oxygen atoms in total. The fourth-order valence-electron chi connectivity index (χ4n) is 3.61. The molecule has 5 rings (SSSR count). The second-order valence-corrected chi connectivity index (χ2v) is 7.72. The third-order valence-electron chi connectivity index (χ3n) is 5.43. The molecule has 1 amide bonds. The van der Waals surface area contributed by atoms with Crippen molar-refractivity contribution in [1.29, 1.82) is 0 Å². The summed E-state index contributed by atoms with van der Waals surface area (Å²) < 4.78 is 16.3. The van der Waals surface area contributed by atoms with Crippen LogP contribution in [0.15, 0.2) is 84.0 Å². The Balaban J connectivity index is 1.20. The van der Waals surface area contributed by atoms with Gasteiger partial charge in [-0.3, -0.25) is 14.9 Å². The average molecular weight is 469 g/mol. The Hall–Kier alpha value is -4.92. The maximum atomic E-state index is 12.4. The minimum atomic E-state index is -0.552. The number of nitro benzene ring substituents is 1. The molecule has 174 valence electrons. The lowest BCUT2D eigenvalue weighted by molar-refractivity contribution is -0.385. The Kier molecular flexibility index (Phi) is 5.96. The summed E-state index contributed by atoms with van der Waals surface area (Å²) in [6.07, 6.45) is 1.20. The lowest BCUT2D eigenvalue weighted by atomic mass is 10.1. The lowest BCUT2D eigenvalue weighted by Gasteiger charge is -2.08. The van der Waals surface area contributed by atoms with E-state index in [0.29, 0.717) is 23.7 Å². The summed E-state index contributed by atoms with van der Waals surface area (Å²) in [6.45, 7) is 0.347. The number of hydrogen-bond acceptors (Lipinski definition) is 7. The Morgan fingerprint density at radius 3 is 2.51 bits per heavy atom. The van der Waals surface area contributed by atoms with Crippen LogP contribution in [0.3, 0.4) is 0 Å². The molecule has 1 aliphatic rings. The van der Waals surface area contributed by atoms with Crippen LogP contribution in [0.1, 0.15) is 21.5 Å². The van der Waals surface area contributed by atoms with Gasteiger partial charge in [0, 0.05) is 5.56 Å². The number of amides is 1. The van der Waals surface area contributed by atoms with Crippen LogP contribution in [0.25, 0.3) is 10.8 Å². The molecular formula is C26H19N3O6. The zero-order valence-electron chi connectivity index (χ0n) is 18.3. The van der Waals surface area contributed by atoms with E-state index in [2.05, 4.69) is 10.5 Å². The molecule has 0 saturated heterocycles. The fourth-order valence-corrected chi connectivity index (χ4v) is 3.61. The highest BCUT2D eigenvalue weighted by Crippen LogP contribution is 2.37. The van der Waals surface area contributed by atoms with Gasteiger partial charge in [0.2, 0.25) is 6.79 Å². The molecule has 1 aliphatic heterocycles. The second-order valence-electron chi connectivity index (χ2n) is 7.72. The highest BCUT2D eigenvalue weighted by Gasteiger charge is 2.22. The fraction of sp³-hybridized carbons (Fsp3) is 0.0769.